The number of carbonyl (C=O) groups is 2. The number of thioether (sulfide) groups is 2. The van der Waals surface area contributed by atoms with Gasteiger partial charge in [0.1, 0.15) is 22.1 Å². The lowest BCUT2D eigenvalue weighted by atomic mass is 10.0. The van der Waals surface area contributed by atoms with Crippen LogP contribution >= 0.6 is 34.9 Å². The van der Waals surface area contributed by atoms with Crippen LogP contribution in [0.25, 0.3) is 0 Å². The number of hydrogen-bond acceptors (Lipinski definition) is 8. The molecule has 1 aromatic heterocycles. The largest absolute Gasteiger partial charge is 0.477 e. The van der Waals surface area contributed by atoms with Gasteiger partial charge in [-0.05, 0) is 6.92 Å². The van der Waals surface area contributed by atoms with Crippen molar-refractivity contribution < 1.29 is 14.7 Å². The van der Waals surface area contributed by atoms with Crippen LogP contribution < -0.4 is 5.73 Å². The summed E-state index contributed by atoms with van der Waals surface area (Å²) in [5.74, 6) is -1.14. The fourth-order valence-electron chi connectivity index (χ4n) is 2.20. The number of carboxylic acid groups (broad SMARTS) is 1. The summed E-state index contributed by atoms with van der Waals surface area (Å²) in [6, 6.07) is -0.670. The zero-order valence-corrected chi connectivity index (χ0v) is 13.9. The van der Waals surface area contributed by atoms with Gasteiger partial charge in [0, 0.05) is 16.2 Å². The van der Waals surface area contributed by atoms with Crippen LogP contribution in [0.2, 0.25) is 0 Å². The molecule has 2 atom stereocenters. The number of nitrogens with two attached hydrogens (primary N) is 1. The summed E-state index contributed by atoms with van der Waals surface area (Å²) >= 11 is 4.16. The first-order chi connectivity index (χ1) is 10.4. The highest BCUT2D eigenvalue weighted by Crippen LogP contribution is 2.46. The lowest BCUT2D eigenvalue weighted by Crippen LogP contribution is -2.68. The van der Waals surface area contributed by atoms with E-state index in [0.29, 0.717) is 16.2 Å². The zero-order chi connectivity index (χ0) is 16.0. The molecule has 3 rings (SSSR count). The maximum absolute atomic E-state index is 11.9. The van der Waals surface area contributed by atoms with Gasteiger partial charge in [0.05, 0.1) is 0 Å². The molecule has 1 aromatic rings. The Balaban J connectivity index is 1.89. The van der Waals surface area contributed by atoms with Crippen molar-refractivity contribution in [3.63, 3.8) is 0 Å². The third-order valence-electron chi connectivity index (χ3n) is 3.26. The van der Waals surface area contributed by atoms with Crippen molar-refractivity contribution in [1.29, 1.82) is 0 Å². The van der Waals surface area contributed by atoms with Gasteiger partial charge in [-0.1, -0.05) is 41.4 Å². The lowest BCUT2D eigenvalue weighted by molar-refractivity contribution is -0.147. The molecule has 0 unspecified atom stereocenters. The molecular weight excluding hydrogens is 344 g/mol. The number of hydrogen-bond donors (Lipinski definition) is 2. The Morgan fingerprint density at radius 3 is 2.86 bits per heavy atom. The number of rotatable bonds is 4. The average Bonchev–Trinajstić information content (AvgIpc) is 2.89. The molecule has 0 saturated carbocycles. The van der Waals surface area contributed by atoms with Crippen molar-refractivity contribution in [2.24, 2.45) is 5.73 Å². The summed E-state index contributed by atoms with van der Waals surface area (Å²) in [4.78, 5) is 25.4. The summed E-state index contributed by atoms with van der Waals surface area (Å²) < 4.78 is 0.751. The van der Waals surface area contributed by atoms with Gasteiger partial charge in [0.15, 0.2) is 4.34 Å². The van der Waals surface area contributed by atoms with Crippen molar-refractivity contribution in [2.75, 3.05) is 5.75 Å². The Morgan fingerprint density at radius 2 is 2.27 bits per heavy atom. The van der Waals surface area contributed by atoms with Gasteiger partial charge in [-0.15, -0.1) is 10.2 Å². The lowest BCUT2D eigenvalue weighted by Gasteiger charge is -2.48. The van der Waals surface area contributed by atoms with Crippen LogP contribution in [-0.4, -0.2) is 49.2 Å². The third kappa shape index (κ3) is 2.45. The number of fused-ring (bicyclic) bond motifs is 1. The molecule has 2 aliphatic rings. The number of β-lactam (4-membered cyclic amide) rings is 1. The molecular formula is C12H12N4O3S3. The Bertz CT molecular complexity index is 714. The van der Waals surface area contributed by atoms with Crippen molar-refractivity contribution in [2.45, 2.75) is 22.7 Å². The minimum absolute atomic E-state index is 0.0193. The standard InChI is InChI=1S/C12H12N4O3S3/c1-4-6(3-20-12-15-14-5(2)22-12)8(11(18)19)16-9(17)7(13)10(16)21-4/h7,10H,1,3,13H2,2H3,(H,18,19)/t7-,10-/m1/s1. The molecule has 10 heteroatoms. The van der Waals surface area contributed by atoms with E-state index in [-0.39, 0.29) is 17.0 Å². The summed E-state index contributed by atoms with van der Waals surface area (Å²) in [5, 5.41) is 17.9. The molecule has 22 heavy (non-hydrogen) atoms. The minimum atomic E-state index is -1.14. The number of aromatic nitrogens is 2. The molecule has 116 valence electrons. The molecule has 0 bridgehead atoms. The second-order valence-electron chi connectivity index (χ2n) is 4.67. The summed E-state index contributed by atoms with van der Waals surface area (Å²) in [6.45, 7) is 5.78. The number of amides is 1. The maximum atomic E-state index is 11.9. The maximum Gasteiger partial charge on any atom is 0.353 e. The van der Waals surface area contributed by atoms with E-state index in [2.05, 4.69) is 16.8 Å². The van der Waals surface area contributed by atoms with Crippen LogP contribution in [0.4, 0.5) is 0 Å². The molecule has 0 aromatic carbocycles. The third-order valence-corrected chi connectivity index (χ3v) is 6.54. The Hall–Kier alpha value is -1.36. The monoisotopic (exact) mass is 356 g/mol. The first-order valence-corrected chi connectivity index (χ1v) is 8.92. The molecule has 2 aliphatic heterocycles. The summed E-state index contributed by atoms with van der Waals surface area (Å²) in [6.07, 6.45) is 0. The van der Waals surface area contributed by atoms with Crippen LogP contribution in [0.1, 0.15) is 5.01 Å². The van der Waals surface area contributed by atoms with Gasteiger partial charge in [0.2, 0.25) is 5.91 Å². The summed E-state index contributed by atoms with van der Waals surface area (Å²) in [5.41, 5.74) is 6.24. The van der Waals surface area contributed by atoms with Crippen molar-refractivity contribution in [1.82, 2.24) is 15.1 Å². The number of aliphatic carboxylic acids is 1. The van der Waals surface area contributed by atoms with Crippen molar-refractivity contribution >= 4 is 46.7 Å². The first-order valence-electron chi connectivity index (χ1n) is 6.24. The van der Waals surface area contributed by atoms with Crippen LogP contribution in [0.15, 0.2) is 27.1 Å². The van der Waals surface area contributed by atoms with Crippen LogP contribution in [0, 0.1) is 6.92 Å². The normalized spacial score (nSPS) is 24.4. The molecule has 0 radical (unpaired) electrons. The van der Waals surface area contributed by atoms with E-state index in [1.807, 2.05) is 6.92 Å². The number of nitrogens with zero attached hydrogens (tertiary/aromatic N) is 3. The van der Waals surface area contributed by atoms with E-state index < -0.39 is 12.0 Å². The predicted molar refractivity (Wildman–Crippen MR) is 85.4 cm³/mol. The second kappa shape index (κ2) is 5.69. The van der Waals surface area contributed by atoms with E-state index in [4.69, 9.17) is 5.73 Å². The smallest absolute Gasteiger partial charge is 0.353 e. The van der Waals surface area contributed by atoms with Gasteiger partial charge < -0.3 is 10.8 Å². The first kappa shape index (κ1) is 15.5. The SMILES string of the molecule is C=C1S[C@@H]2[C@H](N)C(=O)N2C(C(=O)O)=C1CSc1nnc(C)s1. The topological polar surface area (TPSA) is 109 Å². The molecule has 0 aliphatic carbocycles. The second-order valence-corrected chi connectivity index (χ2v) is 8.29. The van der Waals surface area contributed by atoms with Crippen LogP contribution in [0.5, 0.6) is 0 Å². The quantitative estimate of drug-likeness (QED) is 0.608. The number of aryl methyl sites for hydroxylation is 1. The highest BCUT2D eigenvalue weighted by atomic mass is 32.2. The zero-order valence-electron chi connectivity index (χ0n) is 11.5. The summed E-state index contributed by atoms with van der Waals surface area (Å²) in [7, 11) is 0. The molecule has 1 fully saturated rings. The molecule has 3 N–H and O–H groups in total. The Morgan fingerprint density at radius 1 is 1.55 bits per heavy atom. The number of carbonyl (C=O) groups excluding carboxylic acids is 1. The van der Waals surface area contributed by atoms with Gasteiger partial charge >= 0.3 is 5.97 Å². The highest BCUT2D eigenvalue weighted by molar-refractivity contribution is 8.04. The molecule has 7 nitrogen and oxygen atoms in total. The van der Waals surface area contributed by atoms with Crippen LogP contribution in [-0.2, 0) is 9.59 Å². The number of allylic oxidation sites excluding steroid dienone is 1. The fourth-order valence-corrected chi connectivity index (χ4v) is 5.34. The Kier molecular flexibility index (Phi) is 4.02. The van der Waals surface area contributed by atoms with Crippen molar-refractivity contribution in [3.8, 4) is 0 Å². The van der Waals surface area contributed by atoms with Gasteiger partial charge in [0.25, 0.3) is 0 Å². The fraction of sp³-hybridized carbons (Fsp3) is 0.333. The Labute approximate surface area is 138 Å². The highest BCUT2D eigenvalue weighted by Gasteiger charge is 2.52. The molecule has 1 saturated heterocycles. The van der Waals surface area contributed by atoms with Gasteiger partial charge in [-0.25, -0.2) is 4.79 Å². The van der Waals surface area contributed by atoms with E-state index >= 15 is 0 Å². The molecule has 0 spiro atoms. The molecule has 1 amide bonds. The molecule has 3 heterocycles. The van der Waals surface area contributed by atoms with Gasteiger partial charge in [-0.3, -0.25) is 9.69 Å². The van der Waals surface area contributed by atoms with E-state index in [1.165, 1.54) is 39.8 Å². The average molecular weight is 356 g/mol. The predicted octanol–water partition coefficient (Wildman–Crippen LogP) is 1.03. The number of carboxylic acids is 1. The van der Waals surface area contributed by atoms with E-state index in [9.17, 15) is 14.7 Å². The minimum Gasteiger partial charge on any atom is -0.477 e. The van der Waals surface area contributed by atoms with Gasteiger partial charge in [-0.2, -0.15) is 0 Å². The van der Waals surface area contributed by atoms with E-state index in [0.717, 1.165) is 9.35 Å². The van der Waals surface area contributed by atoms with Crippen molar-refractivity contribution in [3.05, 3.63) is 27.8 Å². The van der Waals surface area contributed by atoms with E-state index in [1.54, 1.807) is 0 Å². The van der Waals surface area contributed by atoms with Crippen LogP contribution in [0.3, 0.4) is 0 Å².